The van der Waals surface area contributed by atoms with Gasteiger partial charge >= 0.3 is 0 Å². The molecule has 1 N–H and O–H groups in total. The second-order valence-corrected chi connectivity index (χ2v) is 6.70. The maximum atomic E-state index is 8.58. The van der Waals surface area contributed by atoms with Crippen molar-refractivity contribution in [2.75, 3.05) is 13.1 Å². The molecule has 0 saturated heterocycles. The van der Waals surface area contributed by atoms with E-state index in [-0.39, 0.29) is 0 Å². The van der Waals surface area contributed by atoms with Gasteiger partial charge in [0, 0.05) is 12.6 Å². The molecule has 0 aliphatic carbocycles. The Labute approximate surface area is 148 Å². The number of hydrogen-bond donors (Lipinski definition) is 1. The van der Waals surface area contributed by atoms with Crippen molar-refractivity contribution in [1.82, 2.24) is 9.80 Å². The normalized spacial score (nSPS) is 16.6. The van der Waals surface area contributed by atoms with Crippen LogP contribution in [0.2, 0.25) is 0 Å². The molecule has 2 aromatic carbocycles. The summed E-state index contributed by atoms with van der Waals surface area (Å²) in [5.41, 5.74) is 5.92. The van der Waals surface area contributed by atoms with Gasteiger partial charge in [0.1, 0.15) is 5.84 Å². The van der Waals surface area contributed by atoms with Gasteiger partial charge in [-0.3, -0.25) is 15.3 Å². The zero-order valence-electron chi connectivity index (χ0n) is 14.7. The van der Waals surface area contributed by atoms with Crippen LogP contribution in [-0.2, 0) is 6.54 Å². The summed E-state index contributed by atoms with van der Waals surface area (Å²) in [5.74, 6) is 1.39. The zero-order chi connectivity index (χ0) is 17.4. The second kappa shape index (κ2) is 6.20. The fourth-order valence-corrected chi connectivity index (χ4v) is 3.63. The molecule has 0 spiro atoms. The van der Waals surface area contributed by atoms with E-state index in [4.69, 9.17) is 10.4 Å². The summed E-state index contributed by atoms with van der Waals surface area (Å²) in [6.45, 7) is 6.55. The largest absolute Gasteiger partial charge is 0.310 e. The van der Waals surface area contributed by atoms with Gasteiger partial charge in [-0.15, -0.1) is 0 Å². The first kappa shape index (κ1) is 15.6. The number of amidine groups is 1. The van der Waals surface area contributed by atoms with Crippen LogP contribution in [0.4, 0.5) is 0 Å². The van der Waals surface area contributed by atoms with E-state index in [1.807, 2.05) is 29.2 Å². The molecule has 126 valence electrons. The summed E-state index contributed by atoms with van der Waals surface area (Å²) in [6, 6.07) is 16.8. The topological polar surface area (TPSA) is 42.7 Å². The Balaban J connectivity index is 1.69. The van der Waals surface area contributed by atoms with Crippen molar-refractivity contribution in [2.24, 2.45) is 4.99 Å². The van der Waals surface area contributed by atoms with Gasteiger partial charge in [-0.25, -0.2) is 0 Å². The highest BCUT2D eigenvalue weighted by Crippen LogP contribution is 2.28. The molecule has 25 heavy (non-hydrogen) atoms. The number of nitrogens with zero attached hydrogens (tertiary/aromatic N) is 3. The van der Waals surface area contributed by atoms with Crippen LogP contribution in [0.5, 0.6) is 0 Å². The van der Waals surface area contributed by atoms with Crippen LogP contribution in [-0.4, -0.2) is 34.7 Å². The van der Waals surface area contributed by atoms with E-state index in [0.717, 1.165) is 30.3 Å². The molecule has 2 aromatic rings. The standard InChI is InChI=1S/C21H22N4/c1-15-10-16(2)12-17(11-15)14-25-20(22)13-19(18-6-4-3-5-7-18)24-9-8-23-21(24)25/h3-7,10-13,22H,8-9,14H2,1-2H3. The molecule has 0 atom stereocenters. The van der Waals surface area contributed by atoms with E-state index in [9.17, 15) is 0 Å². The van der Waals surface area contributed by atoms with Crippen molar-refractivity contribution in [2.45, 2.75) is 20.4 Å². The predicted octanol–water partition coefficient (Wildman–Crippen LogP) is 3.81. The van der Waals surface area contributed by atoms with Crippen LogP contribution in [0, 0.1) is 19.3 Å². The summed E-state index contributed by atoms with van der Waals surface area (Å²) >= 11 is 0. The molecular weight excluding hydrogens is 308 g/mol. The molecule has 0 saturated carbocycles. The van der Waals surface area contributed by atoms with E-state index in [1.54, 1.807) is 0 Å². The fourth-order valence-electron chi connectivity index (χ4n) is 3.63. The van der Waals surface area contributed by atoms with Crippen molar-refractivity contribution in [3.8, 4) is 0 Å². The molecule has 0 unspecified atom stereocenters. The highest BCUT2D eigenvalue weighted by atomic mass is 15.4. The minimum Gasteiger partial charge on any atom is -0.310 e. The molecule has 2 aliphatic heterocycles. The molecule has 0 aromatic heterocycles. The number of hydrogen-bond acceptors (Lipinski definition) is 3. The number of aliphatic imine (C=N–C) groups is 1. The Hall–Kier alpha value is -2.88. The number of guanidine groups is 1. The van der Waals surface area contributed by atoms with Crippen molar-refractivity contribution in [3.63, 3.8) is 0 Å². The van der Waals surface area contributed by atoms with E-state index in [0.29, 0.717) is 12.4 Å². The van der Waals surface area contributed by atoms with Crippen LogP contribution < -0.4 is 0 Å². The average Bonchev–Trinajstić information content (AvgIpc) is 3.07. The Morgan fingerprint density at radius 1 is 1.04 bits per heavy atom. The first-order chi connectivity index (χ1) is 12.1. The molecule has 4 heteroatoms. The monoisotopic (exact) mass is 330 g/mol. The summed E-state index contributed by atoms with van der Waals surface area (Å²) in [6.07, 6.45) is 1.96. The summed E-state index contributed by atoms with van der Waals surface area (Å²) in [4.78, 5) is 8.93. The Morgan fingerprint density at radius 2 is 1.76 bits per heavy atom. The molecule has 4 nitrogen and oxygen atoms in total. The smallest absolute Gasteiger partial charge is 0.207 e. The van der Waals surface area contributed by atoms with Crippen LogP contribution >= 0.6 is 0 Å². The Bertz CT molecular complexity index is 860. The molecule has 2 aliphatic rings. The van der Waals surface area contributed by atoms with E-state index in [1.165, 1.54) is 16.7 Å². The number of nitrogens with one attached hydrogen (secondary N) is 1. The van der Waals surface area contributed by atoms with Gasteiger partial charge in [-0.2, -0.15) is 0 Å². The van der Waals surface area contributed by atoms with Gasteiger partial charge in [-0.05, 0) is 25.0 Å². The van der Waals surface area contributed by atoms with E-state index in [2.05, 4.69) is 49.1 Å². The van der Waals surface area contributed by atoms with Crippen LogP contribution in [0.1, 0.15) is 22.3 Å². The lowest BCUT2D eigenvalue weighted by Crippen LogP contribution is -2.47. The van der Waals surface area contributed by atoms with Crippen LogP contribution in [0.15, 0.2) is 59.6 Å². The van der Waals surface area contributed by atoms with Gasteiger partial charge in [0.05, 0.1) is 18.8 Å². The van der Waals surface area contributed by atoms with Crippen molar-refractivity contribution in [3.05, 3.63) is 76.9 Å². The maximum absolute atomic E-state index is 8.58. The van der Waals surface area contributed by atoms with Crippen LogP contribution in [0.3, 0.4) is 0 Å². The molecule has 0 radical (unpaired) electrons. The lowest BCUT2D eigenvalue weighted by molar-refractivity contribution is 0.497. The predicted molar refractivity (Wildman–Crippen MR) is 103 cm³/mol. The molecule has 4 rings (SSSR count). The number of aryl methyl sites for hydroxylation is 2. The number of rotatable bonds is 3. The first-order valence-corrected chi connectivity index (χ1v) is 8.64. The molecule has 2 heterocycles. The lowest BCUT2D eigenvalue weighted by Gasteiger charge is -2.36. The summed E-state index contributed by atoms with van der Waals surface area (Å²) in [5, 5.41) is 8.58. The molecule has 0 bridgehead atoms. The third-order valence-corrected chi connectivity index (χ3v) is 4.61. The SMILES string of the molecule is Cc1cc(C)cc(CN2C(=N)C=C(c3ccccc3)N3CCN=C23)c1. The minimum absolute atomic E-state index is 0.495. The summed E-state index contributed by atoms with van der Waals surface area (Å²) < 4.78 is 0. The number of benzene rings is 2. The fraction of sp³-hybridized carbons (Fsp3) is 0.238. The van der Waals surface area contributed by atoms with Crippen molar-refractivity contribution in [1.29, 1.82) is 5.41 Å². The van der Waals surface area contributed by atoms with Gasteiger partial charge in [-0.1, -0.05) is 59.7 Å². The third kappa shape index (κ3) is 2.95. The quantitative estimate of drug-likeness (QED) is 0.930. The van der Waals surface area contributed by atoms with Gasteiger partial charge < -0.3 is 4.90 Å². The maximum Gasteiger partial charge on any atom is 0.207 e. The lowest BCUT2D eigenvalue weighted by atomic mass is 10.1. The first-order valence-electron chi connectivity index (χ1n) is 8.64. The zero-order valence-corrected chi connectivity index (χ0v) is 14.7. The highest BCUT2D eigenvalue weighted by Gasteiger charge is 2.32. The van der Waals surface area contributed by atoms with Gasteiger partial charge in [0.2, 0.25) is 5.96 Å². The van der Waals surface area contributed by atoms with Crippen molar-refractivity contribution < 1.29 is 0 Å². The van der Waals surface area contributed by atoms with Crippen molar-refractivity contribution >= 4 is 17.5 Å². The van der Waals surface area contributed by atoms with Gasteiger partial charge in [0.15, 0.2) is 0 Å². The highest BCUT2D eigenvalue weighted by molar-refractivity contribution is 6.13. The van der Waals surface area contributed by atoms with E-state index >= 15 is 0 Å². The van der Waals surface area contributed by atoms with Crippen LogP contribution in [0.25, 0.3) is 5.70 Å². The molecular formula is C21H22N4. The minimum atomic E-state index is 0.495. The van der Waals surface area contributed by atoms with E-state index < -0.39 is 0 Å². The Kier molecular flexibility index (Phi) is 3.88. The number of fused-ring (bicyclic) bond motifs is 1. The Morgan fingerprint density at radius 3 is 2.48 bits per heavy atom. The second-order valence-electron chi connectivity index (χ2n) is 6.70. The molecule has 0 fully saturated rings. The molecule has 0 amide bonds. The average molecular weight is 330 g/mol. The third-order valence-electron chi connectivity index (χ3n) is 4.61. The summed E-state index contributed by atoms with van der Waals surface area (Å²) in [7, 11) is 0. The van der Waals surface area contributed by atoms with Gasteiger partial charge in [0.25, 0.3) is 0 Å².